The fraction of sp³-hybridized carbons (Fsp3) is 0.111. The van der Waals surface area contributed by atoms with Crippen molar-refractivity contribution in [1.82, 2.24) is 0 Å². The number of halogens is 1. The van der Waals surface area contributed by atoms with E-state index in [0.717, 1.165) is 6.07 Å². The Kier molecular flexibility index (Phi) is 6.08. The molecule has 2 rings (SSSR count). The standard InChI is InChI=1S/C18H14ClNO6/c1-11(18(22)23)26-14-4-2-3-12(9-14)5-8-17(21)13-6-7-15(19)16(10-13)20(24)25/h2-11H,1H3,(H,22,23)/b8-5+. The van der Waals surface area contributed by atoms with Gasteiger partial charge in [-0.25, -0.2) is 4.79 Å². The van der Waals surface area contributed by atoms with Crippen LogP contribution in [0.3, 0.4) is 0 Å². The zero-order chi connectivity index (χ0) is 19.3. The number of carboxylic acid groups (broad SMARTS) is 1. The van der Waals surface area contributed by atoms with Crippen molar-refractivity contribution in [2.45, 2.75) is 13.0 Å². The van der Waals surface area contributed by atoms with E-state index in [4.69, 9.17) is 21.4 Å². The summed E-state index contributed by atoms with van der Waals surface area (Å²) in [5, 5.41) is 19.7. The third-order valence-corrected chi connectivity index (χ3v) is 3.69. The van der Waals surface area contributed by atoms with Crippen molar-refractivity contribution in [3.8, 4) is 5.75 Å². The number of allylic oxidation sites excluding steroid dienone is 1. The summed E-state index contributed by atoms with van der Waals surface area (Å²) in [5.74, 6) is -1.18. The average Bonchev–Trinajstić information content (AvgIpc) is 2.60. The molecule has 0 aliphatic rings. The van der Waals surface area contributed by atoms with Gasteiger partial charge in [0.05, 0.1) is 4.92 Å². The molecule has 0 saturated carbocycles. The first-order valence-electron chi connectivity index (χ1n) is 7.44. The number of nitro groups is 1. The maximum atomic E-state index is 12.2. The summed E-state index contributed by atoms with van der Waals surface area (Å²) in [6.07, 6.45) is 1.75. The van der Waals surface area contributed by atoms with Crippen molar-refractivity contribution < 1.29 is 24.4 Å². The molecule has 0 fully saturated rings. The number of hydrogen-bond donors (Lipinski definition) is 1. The van der Waals surface area contributed by atoms with Crippen molar-refractivity contribution in [3.05, 3.63) is 74.8 Å². The summed E-state index contributed by atoms with van der Waals surface area (Å²) in [6, 6.07) is 10.3. The van der Waals surface area contributed by atoms with Gasteiger partial charge in [0.1, 0.15) is 10.8 Å². The van der Waals surface area contributed by atoms with Gasteiger partial charge >= 0.3 is 5.97 Å². The number of carboxylic acids is 1. The third-order valence-electron chi connectivity index (χ3n) is 3.37. The van der Waals surface area contributed by atoms with Gasteiger partial charge in [0.25, 0.3) is 5.69 Å². The van der Waals surface area contributed by atoms with Gasteiger partial charge in [0, 0.05) is 11.6 Å². The van der Waals surface area contributed by atoms with Gasteiger partial charge < -0.3 is 9.84 Å². The van der Waals surface area contributed by atoms with Gasteiger partial charge in [-0.15, -0.1) is 0 Å². The van der Waals surface area contributed by atoms with Crippen LogP contribution in [-0.2, 0) is 4.79 Å². The number of aliphatic carboxylic acids is 1. The maximum absolute atomic E-state index is 12.2. The molecule has 26 heavy (non-hydrogen) atoms. The van der Waals surface area contributed by atoms with E-state index in [-0.39, 0.29) is 16.3 Å². The van der Waals surface area contributed by atoms with E-state index in [1.165, 1.54) is 31.2 Å². The number of nitro benzene ring substituents is 1. The van der Waals surface area contributed by atoms with Crippen LogP contribution in [0.25, 0.3) is 6.08 Å². The second-order valence-electron chi connectivity index (χ2n) is 5.29. The quantitative estimate of drug-likeness (QED) is 0.339. The monoisotopic (exact) mass is 375 g/mol. The molecule has 0 amide bonds. The highest BCUT2D eigenvalue weighted by Gasteiger charge is 2.15. The summed E-state index contributed by atoms with van der Waals surface area (Å²) in [6.45, 7) is 1.40. The lowest BCUT2D eigenvalue weighted by molar-refractivity contribution is -0.384. The Morgan fingerprint density at radius 3 is 2.65 bits per heavy atom. The highest BCUT2D eigenvalue weighted by Crippen LogP contribution is 2.25. The predicted octanol–water partition coefficient (Wildman–Crippen LogP) is 4.00. The van der Waals surface area contributed by atoms with Crippen LogP contribution >= 0.6 is 11.6 Å². The van der Waals surface area contributed by atoms with Crippen LogP contribution in [0.2, 0.25) is 5.02 Å². The van der Waals surface area contributed by atoms with E-state index in [9.17, 15) is 19.7 Å². The Morgan fingerprint density at radius 1 is 1.27 bits per heavy atom. The predicted molar refractivity (Wildman–Crippen MR) is 95.6 cm³/mol. The number of benzene rings is 2. The molecule has 2 aromatic carbocycles. The maximum Gasteiger partial charge on any atom is 0.344 e. The molecular weight excluding hydrogens is 362 g/mol. The summed E-state index contributed by atoms with van der Waals surface area (Å²) < 4.78 is 5.26. The average molecular weight is 376 g/mol. The molecule has 0 aliphatic carbocycles. The van der Waals surface area contributed by atoms with E-state index in [1.807, 2.05) is 0 Å². The van der Waals surface area contributed by atoms with Gasteiger partial charge in [0.2, 0.25) is 0 Å². The van der Waals surface area contributed by atoms with Crippen molar-refractivity contribution in [3.63, 3.8) is 0 Å². The molecule has 0 bridgehead atoms. The highest BCUT2D eigenvalue weighted by atomic mass is 35.5. The highest BCUT2D eigenvalue weighted by molar-refractivity contribution is 6.32. The van der Waals surface area contributed by atoms with Crippen molar-refractivity contribution in [2.24, 2.45) is 0 Å². The molecule has 1 unspecified atom stereocenters. The third kappa shape index (κ3) is 4.90. The number of rotatable bonds is 7. The van der Waals surface area contributed by atoms with E-state index in [1.54, 1.807) is 24.3 Å². The van der Waals surface area contributed by atoms with Gasteiger partial charge in [0.15, 0.2) is 11.9 Å². The van der Waals surface area contributed by atoms with Crippen LogP contribution in [0.1, 0.15) is 22.8 Å². The van der Waals surface area contributed by atoms with Crippen LogP contribution in [0.4, 0.5) is 5.69 Å². The van der Waals surface area contributed by atoms with Gasteiger partial charge in [-0.05, 0) is 42.8 Å². The van der Waals surface area contributed by atoms with Crippen LogP contribution in [-0.4, -0.2) is 27.9 Å². The lowest BCUT2D eigenvalue weighted by atomic mass is 10.1. The number of carbonyl (C=O) groups is 2. The molecular formula is C18H14ClNO6. The van der Waals surface area contributed by atoms with E-state index < -0.39 is 22.8 Å². The largest absolute Gasteiger partial charge is 0.479 e. The molecule has 0 saturated heterocycles. The van der Waals surface area contributed by atoms with Crippen LogP contribution in [0.5, 0.6) is 5.75 Å². The van der Waals surface area contributed by atoms with Crippen molar-refractivity contribution in [2.75, 3.05) is 0 Å². The van der Waals surface area contributed by atoms with Crippen LogP contribution in [0.15, 0.2) is 48.5 Å². The van der Waals surface area contributed by atoms with E-state index in [2.05, 4.69) is 0 Å². The fourth-order valence-corrected chi connectivity index (χ4v) is 2.21. The minimum atomic E-state index is -1.09. The minimum absolute atomic E-state index is 0.0482. The number of ketones is 1. The summed E-state index contributed by atoms with van der Waals surface area (Å²) in [4.78, 5) is 33.2. The van der Waals surface area contributed by atoms with Crippen LogP contribution in [0, 0.1) is 10.1 Å². The Bertz CT molecular complexity index is 893. The Balaban J connectivity index is 2.17. The number of nitrogens with zero attached hydrogens (tertiary/aromatic N) is 1. The zero-order valence-electron chi connectivity index (χ0n) is 13.6. The SMILES string of the molecule is CC(Oc1cccc(/C=C/C(=O)c2ccc(Cl)c([N+](=O)[O-])c2)c1)C(=O)O. The van der Waals surface area contributed by atoms with E-state index in [0.29, 0.717) is 11.3 Å². The fourth-order valence-electron chi connectivity index (χ4n) is 2.02. The van der Waals surface area contributed by atoms with Crippen molar-refractivity contribution in [1.29, 1.82) is 0 Å². The first-order valence-corrected chi connectivity index (χ1v) is 7.81. The molecule has 0 aliphatic heterocycles. The lowest BCUT2D eigenvalue weighted by Gasteiger charge is -2.10. The molecule has 0 radical (unpaired) electrons. The Morgan fingerprint density at radius 2 is 2.00 bits per heavy atom. The Hall–Kier alpha value is -3.19. The molecule has 1 atom stereocenters. The van der Waals surface area contributed by atoms with Crippen molar-refractivity contribution >= 4 is 35.1 Å². The smallest absolute Gasteiger partial charge is 0.344 e. The summed E-state index contributed by atoms with van der Waals surface area (Å²) >= 11 is 5.72. The van der Waals surface area contributed by atoms with E-state index >= 15 is 0 Å². The number of ether oxygens (including phenoxy) is 1. The van der Waals surface area contributed by atoms with Crippen LogP contribution < -0.4 is 4.74 Å². The van der Waals surface area contributed by atoms with Gasteiger partial charge in [-0.3, -0.25) is 14.9 Å². The normalized spacial score (nSPS) is 11.9. The zero-order valence-corrected chi connectivity index (χ0v) is 14.3. The molecule has 2 aromatic rings. The molecule has 7 nitrogen and oxygen atoms in total. The molecule has 0 spiro atoms. The second kappa shape index (κ2) is 8.26. The Labute approximate surface area is 153 Å². The first kappa shape index (κ1) is 19.1. The van der Waals surface area contributed by atoms with Gasteiger partial charge in [-0.2, -0.15) is 0 Å². The summed E-state index contributed by atoms with van der Waals surface area (Å²) in [7, 11) is 0. The lowest BCUT2D eigenvalue weighted by Crippen LogP contribution is -2.22. The molecule has 1 N–H and O–H groups in total. The van der Waals surface area contributed by atoms with Gasteiger partial charge in [-0.1, -0.05) is 29.8 Å². The second-order valence-corrected chi connectivity index (χ2v) is 5.70. The molecule has 0 heterocycles. The first-order chi connectivity index (χ1) is 12.3. The molecule has 134 valence electrons. The number of hydrogen-bond acceptors (Lipinski definition) is 5. The number of carbonyl (C=O) groups excluding carboxylic acids is 1. The molecule has 0 aromatic heterocycles. The molecule has 8 heteroatoms. The minimum Gasteiger partial charge on any atom is -0.479 e. The summed E-state index contributed by atoms with van der Waals surface area (Å²) in [5.41, 5.74) is 0.394. The topological polar surface area (TPSA) is 107 Å².